The number of hydrogen-bond acceptors (Lipinski definition) is 5. The van der Waals surface area contributed by atoms with Crippen LogP contribution in [0.4, 0.5) is 0 Å². The summed E-state index contributed by atoms with van der Waals surface area (Å²) in [7, 11) is 0. The standard InChI is InChI=1S/C33H38N4O7/c1-6-20-16(2)26(36-33(20)44)13-24-17(3)21(7-9-30(39)40)27(34-24)15-28-22(8-10-31(41)42)18(4)25(35-28)14-29-23(11-12-38)19(5)32(43)37-29/h13-15,34-35,38H,6-12H2,1-5H3,(H,37,43)(H,39,40)(H,41,42)/b24-13+,27-15+,29-14+. The van der Waals surface area contributed by atoms with E-state index in [-0.39, 0.29) is 44.1 Å². The highest BCUT2D eigenvalue weighted by Crippen LogP contribution is 2.28. The predicted molar refractivity (Wildman–Crippen MR) is 166 cm³/mol. The first-order chi connectivity index (χ1) is 20.9. The Morgan fingerprint density at radius 3 is 2.02 bits per heavy atom. The third kappa shape index (κ3) is 6.57. The smallest absolute Gasteiger partial charge is 0.303 e. The van der Waals surface area contributed by atoms with Crippen LogP contribution in [-0.2, 0) is 32.0 Å². The average Bonchev–Trinajstić information content (AvgIpc) is 3.60. The van der Waals surface area contributed by atoms with Gasteiger partial charge in [-0.15, -0.1) is 0 Å². The van der Waals surface area contributed by atoms with Gasteiger partial charge < -0.3 is 30.6 Å². The first-order valence-corrected chi connectivity index (χ1v) is 14.6. The van der Waals surface area contributed by atoms with Crippen molar-refractivity contribution < 1.29 is 34.5 Å². The van der Waals surface area contributed by atoms with Crippen LogP contribution in [0.1, 0.15) is 80.1 Å². The highest BCUT2D eigenvalue weighted by atomic mass is 16.4. The second-order valence-electron chi connectivity index (χ2n) is 11.0. The Bertz CT molecular complexity index is 1810. The molecule has 0 fully saturated rings. The Morgan fingerprint density at radius 1 is 0.773 bits per heavy atom. The number of carbonyl (C=O) groups is 4. The number of rotatable bonds is 12. The number of amides is 2. The van der Waals surface area contributed by atoms with Gasteiger partial charge in [-0.25, -0.2) is 4.99 Å². The molecule has 0 unspecified atom stereocenters. The number of aliphatic imine (C=N–C) groups is 1. The minimum Gasteiger partial charge on any atom is -0.481 e. The Hall–Kier alpha value is -4.77. The van der Waals surface area contributed by atoms with E-state index in [2.05, 4.69) is 20.3 Å². The lowest BCUT2D eigenvalue weighted by atomic mass is 10.0. The zero-order valence-electron chi connectivity index (χ0n) is 25.6. The van der Waals surface area contributed by atoms with Crippen LogP contribution >= 0.6 is 0 Å². The number of carboxylic acid groups (broad SMARTS) is 2. The molecule has 0 aromatic carbocycles. The fourth-order valence-electron chi connectivity index (χ4n) is 5.75. The average molecular weight is 603 g/mol. The minimum atomic E-state index is -0.945. The summed E-state index contributed by atoms with van der Waals surface area (Å²) in [5, 5.41) is 32.6. The van der Waals surface area contributed by atoms with E-state index in [0.717, 1.165) is 27.8 Å². The molecule has 4 heterocycles. The SMILES string of the molecule is CCC1=C(C)C(/C=c2/[nH]/c(=C/c3[nH]c(/C=C4/NC(=O)C(C)=C4CCO)c(C)c3CCC(=O)O)c(CCC(=O)O)c2C)=NC1=O. The van der Waals surface area contributed by atoms with Gasteiger partial charge in [0.15, 0.2) is 0 Å². The molecule has 0 atom stereocenters. The quantitative estimate of drug-likeness (QED) is 0.215. The third-order valence-corrected chi connectivity index (χ3v) is 8.34. The summed E-state index contributed by atoms with van der Waals surface area (Å²) in [5.74, 6) is -2.37. The van der Waals surface area contributed by atoms with Gasteiger partial charge in [-0.1, -0.05) is 6.92 Å². The van der Waals surface area contributed by atoms with Crippen molar-refractivity contribution >= 4 is 47.7 Å². The zero-order chi connectivity index (χ0) is 32.3. The Labute approximate surface area is 254 Å². The number of carbonyl (C=O) groups excluding carboxylic acids is 2. The number of aromatic amines is 2. The number of nitrogens with one attached hydrogen (secondary N) is 3. The molecule has 0 radical (unpaired) electrons. The Kier molecular flexibility index (Phi) is 9.68. The Morgan fingerprint density at radius 2 is 1.43 bits per heavy atom. The normalized spacial score (nSPS) is 17.0. The highest BCUT2D eigenvalue weighted by molar-refractivity contribution is 6.30. The van der Waals surface area contributed by atoms with Crippen LogP contribution in [0, 0.1) is 13.8 Å². The van der Waals surface area contributed by atoms with Crippen LogP contribution in [0.15, 0.2) is 33.0 Å². The maximum Gasteiger partial charge on any atom is 0.303 e. The van der Waals surface area contributed by atoms with Crippen LogP contribution in [0.5, 0.6) is 0 Å². The molecule has 232 valence electrons. The molecule has 44 heavy (non-hydrogen) atoms. The first kappa shape index (κ1) is 32.2. The topological polar surface area (TPSA) is 185 Å². The fourth-order valence-corrected chi connectivity index (χ4v) is 5.75. The first-order valence-electron chi connectivity index (χ1n) is 14.6. The van der Waals surface area contributed by atoms with E-state index in [4.69, 9.17) is 0 Å². The van der Waals surface area contributed by atoms with Crippen LogP contribution in [0.25, 0.3) is 18.2 Å². The zero-order valence-corrected chi connectivity index (χ0v) is 25.6. The molecule has 6 N–H and O–H groups in total. The molecule has 11 heteroatoms. The molecule has 0 bridgehead atoms. The van der Waals surface area contributed by atoms with E-state index in [1.54, 1.807) is 19.1 Å². The molecular weight excluding hydrogens is 564 g/mol. The summed E-state index contributed by atoms with van der Waals surface area (Å²) in [4.78, 5) is 58.7. The van der Waals surface area contributed by atoms with Gasteiger partial charge in [0.25, 0.3) is 11.8 Å². The van der Waals surface area contributed by atoms with Crippen molar-refractivity contribution in [1.82, 2.24) is 15.3 Å². The van der Waals surface area contributed by atoms with Gasteiger partial charge in [-0.3, -0.25) is 19.2 Å². The molecule has 4 rings (SSSR count). The highest BCUT2D eigenvalue weighted by Gasteiger charge is 2.25. The molecule has 2 aromatic rings. The van der Waals surface area contributed by atoms with Crippen molar-refractivity contribution in [2.75, 3.05) is 6.61 Å². The lowest BCUT2D eigenvalue weighted by Gasteiger charge is -2.05. The minimum absolute atomic E-state index is 0.0939. The molecule has 2 aliphatic heterocycles. The van der Waals surface area contributed by atoms with E-state index < -0.39 is 11.9 Å². The van der Waals surface area contributed by atoms with Crippen molar-refractivity contribution in [1.29, 1.82) is 0 Å². The molecule has 0 aliphatic carbocycles. The van der Waals surface area contributed by atoms with Crippen LogP contribution in [-0.4, -0.2) is 61.4 Å². The number of carboxylic acids is 2. The van der Waals surface area contributed by atoms with Crippen molar-refractivity contribution in [2.45, 2.75) is 73.1 Å². The van der Waals surface area contributed by atoms with Crippen molar-refractivity contribution in [3.63, 3.8) is 0 Å². The largest absolute Gasteiger partial charge is 0.481 e. The summed E-state index contributed by atoms with van der Waals surface area (Å²) >= 11 is 0. The Balaban J connectivity index is 1.91. The summed E-state index contributed by atoms with van der Waals surface area (Å²) in [6, 6.07) is 0. The molecule has 0 spiro atoms. The number of hydrogen-bond donors (Lipinski definition) is 6. The van der Waals surface area contributed by atoms with Crippen LogP contribution in [0.2, 0.25) is 0 Å². The fraction of sp³-hybridized carbons (Fsp3) is 0.364. The lowest BCUT2D eigenvalue weighted by Crippen LogP contribution is -2.15. The van der Waals surface area contributed by atoms with E-state index in [9.17, 15) is 34.5 Å². The summed E-state index contributed by atoms with van der Waals surface area (Å²) in [6.07, 6.45) is 6.60. The van der Waals surface area contributed by atoms with Crippen molar-refractivity contribution in [3.05, 3.63) is 72.3 Å². The second kappa shape index (κ2) is 13.3. The summed E-state index contributed by atoms with van der Waals surface area (Å²) < 4.78 is 0. The van der Waals surface area contributed by atoms with E-state index >= 15 is 0 Å². The van der Waals surface area contributed by atoms with Crippen molar-refractivity contribution in [2.24, 2.45) is 4.99 Å². The van der Waals surface area contributed by atoms with Crippen LogP contribution < -0.4 is 16.0 Å². The van der Waals surface area contributed by atoms with Gasteiger partial charge in [0, 0.05) is 58.4 Å². The molecule has 2 aromatic heterocycles. The third-order valence-electron chi connectivity index (χ3n) is 8.34. The van der Waals surface area contributed by atoms with E-state index in [1.165, 1.54) is 0 Å². The molecule has 2 amide bonds. The van der Waals surface area contributed by atoms with Crippen molar-refractivity contribution in [3.8, 4) is 0 Å². The van der Waals surface area contributed by atoms with E-state index in [0.29, 0.717) is 63.1 Å². The molecule has 0 saturated carbocycles. The van der Waals surface area contributed by atoms with Gasteiger partial charge in [0.05, 0.1) is 5.71 Å². The number of allylic oxidation sites excluding steroid dienone is 2. The molecular formula is C33H38N4O7. The molecule has 0 saturated heterocycles. The number of H-pyrrole nitrogens is 2. The van der Waals surface area contributed by atoms with Gasteiger partial charge in [-0.2, -0.15) is 0 Å². The number of nitrogens with zero attached hydrogens (tertiary/aromatic N) is 1. The molecule has 11 nitrogen and oxygen atoms in total. The maximum absolute atomic E-state index is 12.4. The van der Waals surface area contributed by atoms with Gasteiger partial charge in [0.2, 0.25) is 0 Å². The summed E-state index contributed by atoms with van der Waals surface area (Å²) in [5.41, 5.74) is 8.34. The van der Waals surface area contributed by atoms with Gasteiger partial charge in [0.1, 0.15) is 0 Å². The monoisotopic (exact) mass is 602 g/mol. The number of aliphatic hydroxyl groups is 1. The van der Waals surface area contributed by atoms with E-state index in [1.807, 2.05) is 33.8 Å². The number of aliphatic hydroxyl groups excluding tert-OH is 1. The second-order valence-corrected chi connectivity index (χ2v) is 11.0. The number of aromatic nitrogens is 2. The lowest BCUT2D eigenvalue weighted by molar-refractivity contribution is -0.138. The predicted octanol–water partition coefficient (Wildman–Crippen LogP) is 2.48. The van der Waals surface area contributed by atoms with Crippen LogP contribution in [0.3, 0.4) is 0 Å². The molecule has 2 aliphatic rings. The maximum atomic E-state index is 12.4. The number of aliphatic carboxylic acids is 2. The van der Waals surface area contributed by atoms with Gasteiger partial charge >= 0.3 is 11.9 Å². The summed E-state index contributed by atoms with van der Waals surface area (Å²) in [6.45, 7) is 9.10. The van der Waals surface area contributed by atoms with Gasteiger partial charge in [-0.05, 0) is 105 Å².